The van der Waals surface area contributed by atoms with Crippen molar-refractivity contribution in [1.29, 1.82) is 0 Å². The van der Waals surface area contributed by atoms with Gasteiger partial charge in [-0.3, -0.25) is 4.79 Å². The Kier molecular flexibility index (Phi) is 17.2. The van der Waals surface area contributed by atoms with Crippen LogP contribution in [0.25, 0.3) is 10.8 Å². The molecule has 84 heavy (non-hydrogen) atoms. The molecule has 444 valence electrons. The molecule has 0 aliphatic rings. The Labute approximate surface area is 462 Å². The zero-order valence-electron chi connectivity index (χ0n) is 41.2. The molecular formula is C55H30BF24NO2S. The summed E-state index contributed by atoms with van der Waals surface area (Å²) in [5.74, 6) is 1.30. The van der Waals surface area contributed by atoms with Gasteiger partial charge in [-0.15, -0.1) is 12.6 Å². The molecule has 0 aliphatic carbocycles. The number of benzene rings is 7. The first-order chi connectivity index (χ1) is 38.5. The molecule has 0 unspecified atom stereocenters. The van der Waals surface area contributed by atoms with Crippen LogP contribution in [0.3, 0.4) is 0 Å². The number of alkyl halides is 24. The van der Waals surface area contributed by atoms with Crippen LogP contribution in [0.15, 0.2) is 169 Å². The molecular weight excluding hydrogens is 1210 g/mol. The summed E-state index contributed by atoms with van der Waals surface area (Å²) in [5, 5.41) is 1.99. The third-order valence-electron chi connectivity index (χ3n) is 12.8. The van der Waals surface area contributed by atoms with E-state index in [9.17, 15) is 110 Å². The maximum Gasteiger partial charge on any atom is 0.416 e. The number of fused-ring (bicyclic) bond motifs is 1. The number of hydrogen-bond donors (Lipinski definition) is 1. The summed E-state index contributed by atoms with van der Waals surface area (Å²) in [6.07, 6.45) is -52.9. The first-order valence-corrected chi connectivity index (χ1v) is 23.7. The van der Waals surface area contributed by atoms with Crippen LogP contribution in [-0.4, -0.2) is 11.9 Å². The first-order valence-electron chi connectivity index (χ1n) is 23.3. The molecule has 3 nitrogen and oxygen atoms in total. The zero-order valence-corrected chi connectivity index (χ0v) is 42.0. The van der Waals surface area contributed by atoms with E-state index in [0.717, 1.165) is 15.7 Å². The number of para-hydroxylation sites is 1. The summed E-state index contributed by atoms with van der Waals surface area (Å²) in [6, 6.07) is 18.0. The Balaban J connectivity index is 0.000000309. The van der Waals surface area contributed by atoms with Crippen molar-refractivity contribution in [3.8, 4) is 11.6 Å². The van der Waals surface area contributed by atoms with E-state index in [1.54, 1.807) is 0 Å². The molecule has 0 saturated carbocycles. The summed E-state index contributed by atoms with van der Waals surface area (Å²) in [7, 11) is 0. The minimum atomic E-state index is -6.13. The van der Waals surface area contributed by atoms with Gasteiger partial charge in [0.2, 0.25) is 12.3 Å². The number of halogens is 24. The van der Waals surface area contributed by atoms with Crippen molar-refractivity contribution in [1.82, 2.24) is 0 Å². The van der Waals surface area contributed by atoms with Crippen LogP contribution in [0.2, 0.25) is 0 Å². The molecule has 0 amide bonds. The molecule has 0 fully saturated rings. The molecule has 0 N–H and O–H groups in total. The largest absolute Gasteiger partial charge is 0.416 e. The fourth-order valence-corrected chi connectivity index (χ4v) is 9.26. The molecule has 7 aromatic carbocycles. The second kappa shape index (κ2) is 22.6. The van der Waals surface area contributed by atoms with E-state index in [-0.39, 0.29) is 12.3 Å². The van der Waals surface area contributed by atoms with Crippen LogP contribution in [0.1, 0.15) is 54.9 Å². The van der Waals surface area contributed by atoms with E-state index in [4.69, 9.17) is 4.74 Å². The fraction of sp³-hybridized carbons (Fsp3) is 0.164. The highest BCUT2D eigenvalue weighted by atomic mass is 32.1. The third-order valence-corrected chi connectivity index (χ3v) is 13.2. The van der Waals surface area contributed by atoms with Crippen molar-refractivity contribution in [2.75, 3.05) is 0 Å². The van der Waals surface area contributed by atoms with Gasteiger partial charge in [-0.25, -0.2) is 0 Å². The van der Waals surface area contributed by atoms with Gasteiger partial charge in [0, 0.05) is 16.5 Å². The Morgan fingerprint density at radius 2 is 0.679 bits per heavy atom. The normalized spacial score (nSPS) is 13.2. The summed E-state index contributed by atoms with van der Waals surface area (Å²) in [6.45, 7) is 0.193. The van der Waals surface area contributed by atoms with Gasteiger partial charge in [-0.05, 0) is 47.9 Å². The van der Waals surface area contributed by atoms with Gasteiger partial charge in [0.25, 0.3) is 0 Å². The Morgan fingerprint density at radius 3 is 1.00 bits per heavy atom. The molecule has 8 aromatic rings. The second-order valence-electron chi connectivity index (χ2n) is 18.4. The smallest absolute Gasteiger partial charge is 0.403 e. The number of ether oxygens (including phenoxy) is 1. The number of carbonyl (C=O) groups is 1. The quantitative estimate of drug-likeness (QED) is 0.0513. The van der Waals surface area contributed by atoms with Gasteiger partial charge >= 0.3 is 55.3 Å². The summed E-state index contributed by atoms with van der Waals surface area (Å²) >= 11 is 4.48. The Morgan fingerprint density at radius 1 is 0.381 bits per heavy atom. The number of aromatic nitrogens is 1. The van der Waals surface area contributed by atoms with Gasteiger partial charge < -0.3 is 4.74 Å². The predicted octanol–water partition coefficient (Wildman–Crippen LogP) is 16.3. The van der Waals surface area contributed by atoms with Crippen molar-refractivity contribution >= 4 is 57.2 Å². The van der Waals surface area contributed by atoms with E-state index in [0.29, 0.717) is 17.2 Å². The number of Topliss-reactive ketones (excluding diaryl/α,β-unsaturated/α-hetero) is 1. The minimum Gasteiger partial charge on any atom is -0.403 e. The van der Waals surface area contributed by atoms with Gasteiger partial charge in [-0.1, -0.05) is 109 Å². The minimum absolute atomic E-state index is 0.0277. The van der Waals surface area contributed by atoms with E-state index in [2.05, 4.69) is 12.6 Å². The maximum absolute atomic E-state index is 14.2. The van der Waals surface area contributed by atoms with Crippen LogP contribution in [0.4, 0.5) is 105 Å². The molecule has 1 heterocycles. The average molecular weight is 1240 g/mol. The van der Waals surface area contributed by atoms with Crippen LogP contribution in [0, 0.1) is 0 Å². The molecule has 29 heteroatoms. The zero-order chi connectivity index (χ0) is 62.6. The second-order valence-corrected chi connectivity index (χ2v) is 18.9. The van der Waals surface area contributed by atoms with Crippen LogP contribution in [-0.2, 0) is 56.0 Å². The first kappa shape index (κ1) is 63.7. The SMILES string of the molecule is FC(F)(F)c1cc([B-](c2cc(C(F)(F)F)cc(C(F)(F)F)c2)(c2cc(C(F)(F)F)cc(C(F)(F)F)c2)c2cc(C(F)(F)F)cc(C(F)(F)F)c2)cc(C(F)(F)F)c1.O=C(C[n+]1ccc2ccccc2c1Oc1ccccc1S)c1ccccc1. The van der Waals surface area contributed by atoms with Gasteiger partial charge in [-0.2, -0.15) is 132 Å². The highest BCUT2D eigenvalue weighted by Gasteiger charge is 2.47. The van der Waals surface area contributed by atoms with Crippen molar-refractivity contribution in [3.05, 3.63) is 214 Å². The van der Waals surface area contributed by atoms with Crippen LogP contribution >= 0.6 is 12.6 Å². The molecule has 0 radical (unpaired) electrons. The molecule has 1 aromatic heterocycles. The van der Waals surface area contributed by atoms with E-state index < -0.39 is 195 Å². The molecule has 0 aliphatic heterocycles. The number of rotatable bonds is 9. The third kappa shape index (κ3) is 14.2. The number of hydrogen-bond acceptors (Lipinski definition) is 3. The number of nitrogens with zero attached hydrogens (tertiary/aromatic N) is 1. The Hall–Kier alpha value is -7.85. The molecule has 8 rings (SSSR count). The molecule has 0 atom stereocenters. The summed E-state index contributed by atoms with van der Waals surface area (Å²) < 4.78 is 349. The summed E-state index contributed by atoms with van der Waals surface area (Å²) in [5.41, 5.74) is -29.5. The monoisotopic (exact) mass is 1240 g/mol. The lowest BCUT2D eigenvalue weighted by Crippen LogP contribution is -2.75. The van der Waals surface area contributed by atoms with E-state index in [1.165, 1.54) is 0 Å². The van der Waals surface area contributed by atoms with Crippen molar-refractivity contribution in [2.45, 2.75) is 60.9 Å². The highest BCUT2D eigenvalue weighted by molar-refractivity contribution is 7.80. The number of pyridine rings is 1. The molecule has 0 bridgehead atoms. The summed E-state index contributed by atoms with van der Waals surface area (Å²) in [4.78, 5) is 13.5. The lowest BCUT2D eigenvalue weighted by Gasteiger charge is -2.46. The fourth-order valence-electron chi connectivity index (χ4n) is 9.06. The maximum atomic E-state index is 14.2. The number of ketones is 1. The van der Waals surface area contributed by atoms with Gasteiger partial charge in [0.1, 0.15) is 11.9 Å². The van der Waals surface area contributed by atoms with Crippen molar-refractivity contribution < 1.29 is 119 Å². The van der Waals surface area contributed by atoms with Gasteiger partial charge in [0.05, 0.1) is 49.9 Å². The van der Waals surface area contributed by atoms with Crippen molar-refractivity contribution in [2.24, 2.45) is 0 Å². The van der Waals surface area contributed by atoms with E-state index in [1.807, 2.05) is 95.7 Å². The molecule has 0 spiro atoms. The average Bonchev–Trinajstić information content (AvgIpc) is 0.967. The highest BCUT2D eigenvalue weighted by Crippen LogP contribution is 2.42. The van der Waals surface area contributed by atoms with E-state index >= 15 is 0 Å². The topological polar surface area (TPSA) is 30.2 Å². The van der Waals surface area contributed by atoms with Crippen LogP contribution in [0.5, 0.6) is 11.6 Å². The number of thiol groups is 1. The standard InChI is InChI=1S/C32H12BF24.C23H17NO2S/c34-25(35,36)13-1-14(26(37,38)39)6-21(5-13)33(22-7-15(27(40,41)42)2-16(8-22)28(43,44)45,23-9-17(29(46,47)48)3-18(10-23)30(49,50)51)24-11-19(31(52,53)54)4-20(12-24)32(55,56)57;25-20(18-9-2-1-3-10-18)16-24-15-14-17-8-4-5-11-19(17)23(24)26-21-12-6-7-13-22(21)27/h1-12H;1-15H,16H2/q-1;/p+1. The van der Waals surface area contributed by atoms with Gasteiger partial charge in [0.15, 0.2) is 6.20 Å². The Bertz CT molecular complexity index is 3290. The molecule has 0 saturated heterocycles. The lowest BCUT2D eigenvalue weighted by molar-refractivity contribution is -0.685. The number of carbonyl (C=O) groups excluding carboxylic acids is 1. The lowest BCUT2D eigenvalue weighted by atomic mass is 9.12. The van der Waals surface area contributed by atoms with Crippen molar-refractivity contribution in [3.63, 3.8) is 0 Å². The predicted molar refractivity (Wildman–Crippen MR) is 259 cm³/mol. The van der Waals surface area contributed by atoms with Crippen LogP contribution < -0.4 is 31.2 Å².